The lowest BCUT2D eigenvalue weighted by molar-refractivity contribution is -0.131. The maximum absolute atomic E-state index is 11.8. The lowest BCUT2D eigenvalue weighted by Crippen LogP contribution is -2.38. The van der Waals surface area contributed by atoms with Gasteiger partial charge in [-0.25, -0.2) is 0 Å². The van der Waals surface area contributed by atoms with Gasteiger partial charge in [-0.1, -0.05) is 20.8 Å². The maximum atomic E-state index is 11.8. The molecule has 4 bridgehead atoms. The van der Waals surface area contributed by atoms with E-state index in [0.29, 0.717) is 11.2 Å². The Morgan fingerprint density at radius 3 is 1.77 bits per heavy atom. The zero-order chi connectivity index (χ0) is 9.65. The average Bonchev–Trinajstić information content (AvgIpc) is 2.42. The van der Waals surface area contributed by atoms with E-state index in [2.05, 4.69) is 20.8 Å². The third-order valence-corrected chi connectivity index (χ3v) is 6.27. The number of ketones is 1. The normalized spacial score (nSPS) is 59.7. The van der Waals surface area contributed by atoms with Crippen molar-refractivity contribution < 1.29 is 4.79 Å². The zero-order valence-electron chi connectivity index (χ0n) is 8.98. The molecule has 72 valence electrons. The Balaban J connectivity index is 2.18. The number of carbonyl (C=O) groups is 1. The number of carbonyl (C=O) groups excluding carboxylic acids is 1. The summed E-state index contributed by atoms with van der Waals surface area (Å²) >= 11 is 0. The molecule has 0 N–H and O–H groups in total. The molecular formula is C12H18O. The molecule has 4 rings (SSSR count). The van der Waals surface area contributed by atoms with E-state index < -0.39 is 0 Å². The fourth-order valence-electron chi connectivity index (χ4n) is 4.92. The van der Waals surface area contributed by atoms with Gasteiger partial charge in [-0.2, -0.15) is 0 Å². The van der Waals surface area contributed by atoms with Crippen LogP contribution in [0.15, 0.2) is 0 Å². The molecule has 1 nitrogen and oxygen atoms in total. The zero-order valence-corrected chi connectivity index (χ0v) is 8.98. The standard InChI is InChI=1S/C12H18O/c1-7(13)12-5-8-9(6-12)11(8,4)10(12,2)3/h8-9H,5-6H2,1-4H3. The van der Waals surface area contributed by atoms with E-state index in [4.69, 9.17) is 0 Å². The molecule has 4 aliphatic carbocycles. The SMILES string of the molecule is CC(=O)C12CC3C(C1)C3(C)C2(C)C. The highest BCUT2D eigenvalue weighted by Crippen LogP contribution is 2.90. The van der Waals surface area contributed by atoms with E-state index in [-0.39, 0.29) is 10.8 Å². The smallest absolute Gasteiger partial charge is 0.136 e. The highest BCUT2D eigenvalue weighted by molar-refractivity contribution is 5.86. The second kappa shape index (κ2) is 1.62. The van der Waals surface area contributed by atoms with Crippen LogP contribution in [0, 0.1) is 28.1 Å². The van der Waals surface area contributed by atoms with Crippen molar-refractivity contribution in [1.29, 1.82) is 0 Å². The molecule has 0 spiro atoms. The van der Waals surface area contributed by atoms with Crippen molar-refractivity contribution in [2.24, 2.45) is 28.1 Å². The first-order valence-corrected chi connectivity index (χ1v) is 5.39. The van der Waals surface area contributed by atoms with Crippen LogP contribution in [0.5, 0.6) is 0 Å². The first-order chi connectivity index (χ1) is 5.88. The second-order valence-corrected chi connectivity index (χ2v) is 6.17. The van der Waals surface area contributed by atoms with Crippen LogP contribution in [0.4, 0.5) is 0 Å². The lowest BCUT2D eigenvalue weighted by atomic mass is 9.64. The molecule has 4 aliphatic rings. The largest absolute Gasteiger partial charge is 0.299 e. The van der Waals surface area contributed by atoms with Gasteiger partial charge in [0.1, 0.15) is 5.78 Å². The minimum Gasteiger partial charge on any atom is -0.299 e. The van der Waals surface area contributed by atoms with Crippen molar-refractivity contribution in [2.45, 2.75) is 40.5 Å². The fraction of sp³-hybridized carbons (Fsp3) is 0.917. The van der Waals surface area contributed by atoms with E-state index in [9.17, 15) is 4.79 Å². The van der Waals surface area contributed by atoms with Crippen molar-refractivity contribution in [2.75, 3.05) is 0 Å². The molecule has 0 aliphatic heterocycles. The van der Waals surface area contributed by atoms with E-state index in [1.54, 1.807) is 6.92 Å². The van der Waals surface area contributed by atoms with Crippen molar-refractivity contribution in [3.05, 3.63) is 0 Å². The predicted octanol–water partition coefficient (Wildman–Crippen LogP) is 2.65. The van der Waals surface area contributed by atoms with Crippen LogP contribution < -0.4 is 0 Å². The van der Waals surface area contributed by atoms with Gasteiger partial charge in [-0.15, -0.1) is 0 Å². The molecule has 4 fully saturated rings. The Hall–Kier alpha value is -0.330. The van der Waals surface area contributed by atoms with E-state index >= 15 is 0 Å². The summed E-state index contributed by atoms with van der Waals surface area (Å²) in [7, 11) is 0. The molecule has 0 saturated heterocycles. The molecule has 13 heavy (non-hydrogen) atoms. The minimum absolute atomic E-state index is 0.0666. The monoisotopic (exact) mass is 178 g/mol. The van der Waals surface area contributed by atoms with E-state index in [1.807, 2.05) is 0 Å². The fourth-order valence-corrected chi connectivity index (χ4v) is 4.92. The second-order valence-electron chi connectivity index (χ2n) is 6.17. The number of hydrogen-bond donors (Lipinski definition) is 0. The Kier molecular flexibility index (Phi) is 0.997. The molecule has 0 heterocycles. The number of Topliss-reactive ketones (excluding diaryl/α,β-unsaturated/α-hetero) is 1. The van der Waals surface area contributed by atoms with Gasteiger partial charge < -0.3 is 0 Å². The van der Waals surface area contributed by atoms with Crippen molar-refractivity contribution in [3.8, 4) is 0 Å². The Bertz CT molecular complexity index is 301. The van der Waals surface area contributed by atoms with Crippen molar-refractivity contribution >= 4 is 5.78 Å². The van der Waals surface area contributed by atoms with Gasteiger partial charge >= 0.3 is 0 Å². The van der Waals surface area contributed by atoms with Gasteiger partial charge in [0.05, 0.1) is 0 Å². The van der Waals surface area contributed by atoms with E-state index in [1.165, 1.54) is 12.8 Å². The summed E-state index contributed by atoms with van der Waals surface area (Å²) in [4.78, 5) is 11.8. The third kappa shape index (κ3) is 0.480. The maximum Gasteiger partial charge on any atom is 0.136 e. The molecule has 0 aromatic rings. The highest BCUT2D eigenvalue weighted by atomic mass is 16.1. The molecule has 0 aromatic heterocycles. The van der Waals surface area contributed by atoms with Crippen LogP contribution in [0.2, 0.25) is 0 Å². The first-order valence-electron chi connectivity index (χ1n) is 5.39. The third-order valence-electron chi connectivity index (χ3n) is 6.27. The predicted molar refractivity (Wildman–Crippen MR) is 51.2 cm³/mol. The number of hydrogen-bond acceptors (Lipinski definition) is 1. The summed E-state index contributed by atoms with van der Waals surface area (Å²) in [6, 6.07) is 0. The topological polar surface area (TPSA) is 17.1 Å². The molecule has 0 aromatic carbocycles. The summed E-state index contributed by atoms with van der Waals surface area (Å²) < 4.78 is 0. The van der Waals surface area contributed by atoms with Crippen molar-refractivity contribution in [1.82, 2.24) is 0 Å². The molecule has 2 unspecified atom stereocenters. The van der Waals surface area contributed by atoms with Gasteiger partial charge in [0.2, 0.25) is 0 Å². The lowest BCUT2D eigenvalue weighted by Gasteiger charge is -2.38. The van der Waals surface area contributed by atoms with E-state index in [0.717, 1.165) is 11.8 Å². The Labute approximate surface area is 79.9 Å². The molecule has 0 amide bonds. The summed E-state index contributed by atoms with van der Waals surface area (Å²) in [6.07, 6.45) is 2.38. The van der Waals surface area contributed by atoms with Gasteiger partial charge in [-0.05, 0) is 42.4 Å². The minimum atomic E-state index is 0.0666. The number of rotatable bonds is 1. The van der Waals surface area contributed by atoms with Gasteiger partial charge in [0.15, 0.2) is 0 Å². The Morgan fingerprint density at radius 1 is 1.15 bits per heavy atom. The molecule has 4 saturated carbocycles. The molecule has 2 atom stereocenters. The molecule has 1 heteroatoms. The molecular weight excluding hydrogens is 160 g/mol. The van der Waals surface area contributed by atoms with Crippen LogP contribution in [-0.2, 0) is 4.79 Å². The summed E-state index contributed by atoms with van der Waals surface area (Å²) in [5, 5.41) is 0. The quantitative estimate of drug-likeness (QED) is 0.603. The van der Waals surface area contributed by atoms with Crippen LogP contribution in [0.1, 0.15) is 40.5 Å². The van der Waals surface area contributed by atoms with Gasteiger partial charge in [0, 0.05) is 5.41 Å². The summed E-state index contributed by atoms with van der Waals surface area (Å²) in [5.41, 5.74) is 0.844. The average molecular weight is 178 g/mol. The van der Waals surface area contributed by atoms with Gasteiger partial charge in [0.25, 0.3) is 0 Å². The van der Waals surface area contributed by atoms with Crippen LogP contribution in [0.25, 0.3) is 0 Å². The highest BCUT2D eigenvalue weighted by Gasteiger charge is 2.86. The van der Waals surface area contributed by atoms with Crippen LogP contribution in [-0.4, -0.2) is 5.78 Å². The van der Waals surface area contributed by atoms with Gasteiger partial charge in [-0.3, -0.25) is 4.79 Å². The van der Waals surface area contributed by atoms with Crippen LogP contribution >= 0.6 is 0 Å². The van der Waals surface area contributed by atoms with Crippen molar-refractivity contribution in [3.63, 3.8) is 0 Å². The summed E-state index contributed by atoms with van der Waals surface area (Å²) in [6.45, 7) is 8.85. The van der Waals surface area contributed by atoms with Crippen LogP contribution in [0.3, 0.4) is 0 Å². The Morgan fingerprint density at radius 2 is 1.62 bits per heavy atom. The summed E-state index contributed by atoms with van der Waals surface area (Å²) in [5.74, 6) is 2.21. The molecule has 0 radical (unpaired) electrons. The first kappa shape index (κ1) is 8.02.